The van der Waals surface area contributed by atoms with E-state index in [0.29, 0.717) is 0 Å². The highest BCUT2D eigenvalue weighted by atomic mass is 16.3. The maximum Gasteiger partial charge on any atom is 0.0703 e. The molecule has 0 unspecified atom stereocenters. The van der Waals surface area contributed by atoms with Crippen molar-refractivity contribution < 1.29 is 5.11 Å². The van der Waals surface area contributed by atoms with E-state index in [1.54, 1.807) is 0 Å². The van der Waals surface area contributed by atoms with Gasteiger partial charge in [0.25, 0.3) is 0 Å². The minimum Gasteiger partial charge on any atom is -0.392 e. The molecule has 1 aromatic carbocycles. The third kappa shape index (κ3) is 1.53. The van der Waals surface area contributed by atoms with Crippen molar-refractivity contribution in [2.24, 2.45) is 0 Å². The van der Waals surface area contributed by atoms with Crippen molar-refractivity contribution in [3.63, 3.8) is 0 Å². The monoisotopic (exact) mass is 214 g/mol. The third-order valence-electron chi connectivity index (χ3n) is 3.14. The lowest BCUT2D eigenvalue weighted by molar-refractivity contribution is 0.282. The summed E-state index contributed by atoms with van der Waals surface area (Å²) in [4.78, 5) is 6.75. The molecule has 2 aromatic rings. The molecular formula is C13H14N2O. The Morgan fingerprint density at radius 1 is 1.25 bits per heavy atom. The normalized spacial score (nSPS) is 15.2. The first kappa shape index (κ1) is 9.60. The second-order valence-corrected chi connectivity index (χ2v) is 4.22. The second kappa shape index (κ2) is 3.76. The maximum absolute atomic E-state index is 9.10. The average molecular weight is 214 g/mol. The number of rotatable bonds is 2. The summed E-state index contributed by atoms with van der Waals surface area (Å²) in [5.41, 5.74) is 3.12. The van der Waals surface area contributed by atoms with Gasteiger partial charge in [-0.05, 0) is 30.2 Å². The molecule has 0 saturated carbocycles. The van der Waals surface area contributed by atoms with E-state index in [2.05, 4.69) is 16.0 Å². The zero-order chi connectivity index (χ0) is 11.0. The molecule has 0 bridgehead atoms. The molecule has 3 nitrogen and oxygen atoms in total. The fraction of sp³-hybridized carbons (Fsp3) is 0.308. The van der Waals surface area contributed by atoms with Gasteiger partial charge >= 0.3 is 0 Å². The van der Waals surface area contributed by atoms with Crippen LogP contribution in [0.5, 0.6) is 0 Å². The highest BCUT2D eigenvalue weighted by molar-refractivity contribution is 5.82. The van der Waals surface area contributed by atoms with Gasteiger partial charge in [-0.3, -0.25) is 4.98 Å². The van der Waals surface area contributed by atoms with Gasteiger partial charge in [-0.15, -0.1) is 0 Å². The smallest absolute Gasteiger partial charge is 0.0703 e. The molecule has 0 aliphatic carbocycles. The molecule has 0 radical (unpaired) electrons. The van der Waals surface area contributed by atoms with Crippen molar-refractivity contribution in [3.05, 3.63) is 36.0 Å². The first-order valence-electron chi connectivity index (χ1n) is 5.61. The van der Waals surface area contributed by atoms with E-state index in [9.17, 15) is 0 Å². The molecule has 1 aromatic heterocycles. The van der Waals surface area contributed by atoms with E-state index in [-0.39, 0.29) is 6.61 Å². The van der Waals surface area contributed by atoms with Crippen molar-refractivity contribution in [3.8, 4) is 0 Å². The molecule has 82 valence electrons. The van der Waals surface area contributed by atoms with Gasteiger partial charge in [0.2, 0.25) is 0 Å². The first-order chi connectivity index (χ1) is 7.86. The predicted molar refractivity (Wildman–Crippen MR) is 64.5 cm³/mol. The van der Waals surface area contributed by atoms with E-state index in [1.807, 2.05) is 24.4 Å². The van der Waals surface area contributed by atoms with Crippen molar-refractivity contribution in [1.82, 2.24) is 4.98 Å². The molecular weight excluding hydrogens is 200 g/mol. The van der Waals surface area contributed by atoms with Crippen LogP contribution in [0.25, 0.3) is 10.9 Å². The Bertz CT molecular complexity index is 520. The summed E-state index contributed by atoms with van der Waals surface area (Å²) in [5.74, 6) is 0. The molecule has 2 heterocycles. The van der Waals surface area contributed by atoms with Gasteiger partial charge in [-0.1, -0.05) is 6.07 Å². The van der Waals surface area contributed by atoms with Crippen LogP contribution in [0, 0.1) is 0 Å². The van der Waals surface area contributed by atoms with Crippen LogP contribution in [-0.4, -0.2) is 23.2 Å². The van der Waals surface area contributed by atoms with Crippen LogP contribution in [0.1, 0.15) is 12.0 Å². The Labute approximate surface area is 94.3 Å². The minimum atomic E-state index is 0.0872. The lowest BCUT2D eigenvalue weighted by atomic mass is 10.1. The minimum absolute atomic E-state index is 0.0872. The van der Waals surface area contributed by atoms with Crippen LogP contribution >= 0.6 is 0 Å². The summed E-state index contributed by atoms with van der Waals surface area (Å²) in [6, 6.07) is 8.03. The fourth-order valence-electron chi connectivity index (χ4n) is 2.02. The maximum atomic E-state index is 9.10. The van der Waals surface area contributed by atoms with Crippen LogP contribution in [0.4, 0.5) is 5.69 Å². The SMILES string of the molecule is OCc1ccc2ncc(N3CCC3)cc2c1. The number of hydrogen-bond donors (Lipinski definition) is 1. The van der Waals surface area contributed by atoms with Gasteiger partial charge in [0, 0.05) is 18.5 Å². The number of fused-ring (bicyclic) bond motifs is 1. The quantitative estimate of drug-likeness (QED) is 0.830. The molecule has 3 heteroatoms. The van der Waals surface area contributed by atoms with Crippen molar-refractivity contribution in [1.29, 1.82) is 0 Å². The van der Waals surface area contributed by atoms with E-state index in [1.165, 1.54) is 12.1 Å². The summed E-state index contributed by atoms with van der Waals surface area (Å²) < 4.78 is 0. The number of hydrogen-bond acceptors (Lipinski definition) is 3. The van der Waals surface area contributed by atoms with Crippen LogP contribution < -0.4 is 4.90 Å². The number of aliphatic hydroxyl groups excluding tert-OH is 1. The van der Waals surface area contributed by atoms with Crippen molar-refractivity contribution in [2.75, 3.05) is 18.0 Å². The number of aromatic nitrogens is 1. The van der Waals surface area contributed by atoms with Gasteiger partial charge < -0.3 is 10.0 Å². The van der Waals surface area contributed by atoms with Crippen molar-refractivity contribution >= 4 is 16.6 Å². The highest BCUT2D eigenvalue weighted by Crippen LogP contribution is 2.24. The van der Waals surface area contributed by atoms with Gasteiger partial charge in [-0.2, -0.15) is 0 Å². The molecule has 1 fully saturated rings. The molecule has 1 aliphatic rings. The number of aliphatic hydroxyl groups is 1. The summed E-state index contributed by atoms with van der Waals surface area (Å²) in [7, 11) is 0. The number of pyridine rings is 1. The van der Waals surface area contributed by atoms with Gasteiger partial charge in [0.05, 0.1) is 24.0 Å². The van der Waals surface area contributed by atoms with Crippen LogP contribution in [0.2, 0.25) is 0 Å². The highest BCUT2D eigenvalue weighted by Gasteiger charge is 2.14. The van der Waals surface area contributed by atoms with Gasteiger partial charge in [-0.25, -0.2) is 0 Å². The molecule has 0 amide bonds. The number of benzene rings is 1. The average Bonchev–Trinajstić information content (AvgIpc) is 2.26. The Balaban J connectivity index is 2.07. The summed E-state index contributed by atoms with van der Waals surface area (Å²) in [6.45, 7) is 2.35. The van der Waals surface area contributed by atoms with Crippen LogP contribution in [0.3, 0.4) is 0 Å². The fourth-order valence-corrected chi connectivity index (χ4v) is 2.02. The summed E-state index contributed by atoms with van der Waals surface area (Å²) in [5, 5.41) is 10.2. The molecule has 0 atom stereocenters. The molecule has 1 N–H and O–H groups in total. The zero-order valence-electron chi connectivity index (χ0n) is 9.06. The Morgan fingerprint density at radius 3 is 2.81 bits per heavy atom. The molecule has 0 spiro atoms. The molecule has 1 saturated heterocycles. The van der Waals surface area contributed by atoms with Crippen LogP contribution in [0.15, 0.2) is 30.5 Å². The van der Waals surface area contributed by atoms with E-state index in [0.717, 1.165) is 29.6 Å². The zero-order valence-corrected chi connectivity index (χ0v) is 9.06. The third-order valence-corrected chi connectivity index (χ3v) is 3.14. The van der Waals surface area contributed by atoms with Gasteiger partial charge in [0.1, 0.15) is 0 Å². The Hall–Kier alpha value is -1.61. The predicted octanol–water partition coefficient (Wildman–Crippen LogP) is 1.94. The number of nitrogens with zero attached hydrogens (tertiary/aromatic N) is 2. The van der Waals surface area contributed by atoms with E-state index in [4.69, 9.17) is 5.11 Å². The topological polar surface area (TPSA) is 36.4 Å². The largest absolute Gasteiger partial charge is 0.392 e. The molecule has 1 aliphatic heterocycles. The standard InChI is InChI=1S/C13H14N2O/c16-9-10-2-3-13-11(6-10)7-12(8-14-13)15-4-1-5-15/h2-3,6-8,16H,1,4-5,9H2. The molecule has 3 rings (SSSR count). The Morgan fingerprint density at radius 2 is 2.12 bits per heavy atom. The summed E-state index contributed by atoms with van der Waals surface area (Å²) in [6.07, 6.45) is 3.20. The lowest BCUT2D eigenvalue weighted by Crippen LogP contribution is -2.36. The second-order valence-electron chi connectivity index (χ2n) is 4.22. The van der Waals surface area contributed by atoms with Crippen molar-refractivity contribution in [2.45, 2.75) is 13.0 Å². The van der Waals surface area contributed by atoms with Crippen LogP contribution in [-0.2, 0) is 6.61 Å². The lowest BCUT2D eigenvalue weighted by Gasteiger charge is -2.32. The Kier molecular flexibility index (Phi) is 2.26. The molecule has 16 heavy (non-hydrogen) atoms. The number of anilines is 1. The summed E-state index contributed by atoms with van der Waals surface area (Å²) >= 11 is 0. The van der Waals surface area contributed by atoms with E-state index >= 15 is 0 Å². The first-order valence-corrected chi connectivity index (χ1v) is 5.61. The van der Waals surface area contributed by atoms with Gasteiger partial charge in [0.15, 0.2) is 0 Å². The van der Waals surface area contributed by atoms with E-state index < -0.39 is 0 Å².